The Hall–Kier alpha value is -1.03. The predicted octanol–water partition coefficient (Wildman–Crippen LogP) is 2.55. The molecule has 1 saturated heterocycles. The molecule has 0 aromatic heterocycles. The van der Waals surface area contributed by atoms with Crippen LogP contribution < -0.4 is 4.74 Å². The molecule has 1 aromatic rings. The molecule has 17 heavy (non-hydrogen) atoms. The highest BCUT2D eigenvalue weighted by Gasteiger charge is 2.46. The third-order valence-electron chi connectivity index (χ3n) is 3.67. The van der Waals surface area contributed by atoms with Crippen molar-refractivity contribution >= 4 is 21.8 Å². The molecular weight excluding hydrogens is 282 g/mol. The molecule has 0 bridgehead atoms. The van der Waals surface area contributed by atoms with Crippen LogP contribution in [0.25, 0.3) is 0 Å². The minimum Gasteiger partial charge on any atom is -0.497 e. The summed E-state index contributed by atoms with van der Waals surface area (Å²) in [4.78, 5) is 14.3. The zero-order chi connectivity index (χ0) is 12.0. The summed E-state index contributed by atoms with van der Waals surface area (Å²) in [5.41, 5.74) is 0.729. The van der Waals surface area contributed by atoms with E-state index in [-0.39, 0.29) is 5.91 Å². The van der Waals surface area contributed by atoms with Crippen molar-refractivity contribution in [3.05, 3.63) is 28.2 Å². The molecule has 90 valence electrons. The van der Waals surface area contributed by atoms with Crippen molar-refractivity contribution in [1.82, 2.24) is 4.90 Å². The van der Waals surface area contributed by atoms with E-state index in [1.54, 1.807) is 7.11 Å². The van der Waals surface area contributed by atoms with E-state index in [2.05, 4.69) is 15.9 Å². The number of halogens is 1. The quantitative estimate of drug-likeness (QED) is 0.839. The fourth-order valence-electron chi connectivity index (χ4n) is 2.53. The van der Waals surface area contributed by atoms with Crippen LogP contribution >= 0.6 is 15.9 Å². The summed E-state index contributed by atoms with van der Waals surface area (Å²) in [6, 6.07) is 5.49. The van der Waals surface area contributed by atoms with Crippen molar-refractivity contribution in [2.24, 2.45) is 11.8 Å². The van der Waals surface area contributed by atoms with Gasteiger partial charge in [-0.15, -0.1) is 0 Å². The average molecular weight is 296 g/mol. The molecule has 2 atom stereocenters. The predicted molar refractivity (Wildman–Crippen MR) is 68.2 cm³/mol. The number of fused-ring (bicyclic) bond motifs is 1. The third-order valence-corrected chi connectivity index (χ3v) is 4.33. The fourth-order valence-corrected chi connectivity index (χ4v) is 3.06. The lowest BCUT2D eigenvalue weighted by molar-refractivity contribution is 0.0774. The maximum atomic E-state index is 12.3. The third kappa shape index (κ3) is 1.95. The molecule has 3 rings (SSSR count). The van der Waals surface area contributed by atoms with Gasteiger partial charge in [0.1, 0.15) is 5.75 Å². The van der Waals surface area contributed by atoms with Crippen LogP contribution in [0.3, 0.4) is 0 Å². The molecule has 1 heterocycles. The Kier molecular flexibility index (Phi) is 2.62. The molecule has 4 heteroatoms. The van der Waals surface area contributed by atoms with Crippen molar-refractivity contribution in [2.75, 3.05) is 20.2 Å². The van der Waals surface area contributed by atoms with E-state index in [0.29, 0.717) is 0 Å². The van der Waals surface area contributed by atoms with Crippen molar-refractivity contribution in [2.45, 2.75) is 6.42 Å². The molecule has 1 saturated carbocycles. The van der Waals surface area contributed by atoms with Crippen LogP contribution in [0.1, 0.15) is 16.8 Å². The molecule has 3 nitrogen and oxygen atoms in total. The van der Waals surface area contributed by atoms with E-state index in [1.165, 1.54) is 6.42 Å². The SMILES string of the molecule is COc1ccc(C(=O)N2CC3CC3C2)c(Br)c1. The van der Waals surface area contributed by atoms with Gasteiger partial charge in [-0.2, -0.15) is 0 Å². The highest BCUT2D eigenvalue weighted by Crippen LogP contribution is 2.45. The zero-order valence-corrected chi connectivity index (χ0v) is 11.2. The minimum absolute atomic E-state index is 0.131. The van der Waals surface area contributed by atoms with E-state index in [1.807, 2.05) is 23.1 Å². The van der Waals surface area contributed by atoms with Gasteiger partial charge >= 0.3 is 0 Å². The van der Waals surface area contributed by atoms with Crippen LogP contribution in [0.4, 0.5) is 0 Å². The smallest absolute Gasteiger partial charge is 0.255 e. The van der Waals surface area contributed by atoms with E-state index in [9.17, 15) is 4.79 Å². The summed E-state index contributed by atoms with van der Waals surface area (Å²) < 4.78 is 5.93. The van der Waals surface area contributed by atoms with Crippen LogP contribution in [-0.4, -0.2) is 31.0 Å². The van der Waals surface area contributed by atoms with Gasteiger partial charge in [0.2, 0.25) is 0 Å². The number of hydrogen-bond donors (Lipinski definition) is 0. The normalized spacial score (nSPS) is 25.6. The number of carbonyl (C=O) groups is 1. The number of rotatable bonds is 2. The van der Waals surface area contributed by atoms with Gasteiger partial charge in [-0.1, -0.05) is 0 Å². The Labute approximate surface area is 109 Å². The Bertz CT molecular complexity index is 464. The van der Waals surface area contributed by atoms with Gasteiger partial charge in [0.15, 0.2) is 0 Å². The Morgan fingerprint density at radius 2 is 2.12 bits per heavy atom. The number of amides is 1. The highest BCUT2D eigenvalue weighted by molar-refractivity contribution is 9.10. The lowest BCUT2D eigenvalue weighted by Gasteiger charge is -2.18. The molecule has 1 aromatic carbocycles. The Balaban J connectivity index is 1.81. The van der Waals surface area contributed by atoms with Crippen LogP contribution in [0.2, 0.25) is 0 Å². The van der Waals surface area contributed by atoms with Crippen molar-refractivity contribution < 1.29 is 9.53 Å². The highest BCUT2D eigenvalue weighted by atomic mass is 79.9. The first-order valence-corrected chi connectivity index (χ1v) is 6.61. The summed E-state index contributed by atoms with van der Waals surface area (Å²) in [6.45, 7) is 1.87. The van der Waals surface area contributed by atoms with Gasteiger partial charge in [-0.3, -0.25) is 4.79 Å². The maximum absolute atomic E-state index is 12.3. The summed E-state index contributed by atoms with van der Waals surface area (Å²) in [5, 5.41) is 0. The first-order chi connectivity index (χ1) is 8.19. The molecule has 0 spiro atoms. The fraction of sp³-hybridized carbons (Fsp3) is 0.462. The second kappa shape index (κ2) is 4.02. The number of nitrogens with zero attached hydrogens (tertiary/aromatic N) is 1. The number of benzene rings is 1. The number of methoxy groups -OCH3 is 1. The van der Waals surface area contributed by atoms with Crippen molar-refractivity contribution in [1.29, 1.82) is 0 Å². The average Bonchev–Trinajstić information content (AvgIpc) is 2.95. The number of hydrogen-bond acceptors (Lipinski definition) is 2. The molecule has 1 aliphatic carbocycles. The monoisotopic (exact) mass is 295 g/mol. The van der Waals surface area contributed by atoms with Crippen LogP contribution in [0.15, 0.2) is 22.7 Å². The molecule has 1 aliphatic heterocycles. The Morgan fingerprint density at radius 3 is 2.71 bits per heavy atom. The molecule has 0 radical (unpaired) electrons. The second-order valence-corrected chi connectivity index (χ2v) is 5.67. The lowest BCUT2D eigenvalue weighted by atomic mass is 10.2. The van der Waals surface area contributed by atoms with E-state index < -0.39 is 0 Å². The van der Waals surface area contributed by atoms with Gasteiger partial charge < -0.3 is 9.64 Å². The lowest BCUT2D eigenvalue weighted by Crippen LogP contribution is -2.30. The van der Waals surface area contributed by atoms with Gasteiger partial charge in [-0.25, -0.2) is 0 Å². The zero-order valence-electron chi connectivity index (χ0n) is 9.65. The van der Waals surface area contributed by atoms with Crippen molar-refractivity contribution in [3.63, 3.8) is 0 Å². The van der Waals surface area contributed by atoms with Gasteiger partial charge in [0.25, 0.3) is 5.91 Å². The van der Waals surface area contributed by atoms with E-state index >= 15 is 0 Å². The van der Waals surface area contributed by atoms with E-state index in [0.717, 1.165) is 40.7 Å². The number of piperidine rings is 1. The topological polar surface area (TPSA) is 29.5 Å². The largest absolute Gasteiger partial charge is 0.497 e. The summed E-state index contributed by atoms with van der Waals surface area (Å²) in [5.74, 6) is 2.44. The van der Waals surface area contributed by atoms with E-state index in [4.69, 9.17) is 4.74 Å². The maximum Gasteiger partial charge on any atom is 0.255 e. The second-order valence-electron chi connectivity index (χ2n) is 4.81. The molecule has 1 amide bonds. The molecule has 2 aliphatic rings. The first kappa shape index (κ1) is 11.1. The molecular formula is C13H14BrNO2. The summed E-state index contributed by atoms with van der Waals surface area (Å²) in [7, 11) is 1.62. The number of carbonyl (C=O) groups excluding carboxylic acids is 1. The Morgan fingerprint density at radius 1 is 1.41 bits per heavy atom. The van der Waals surface area contributed by atoms with Crippen LogP contribution in [0.5, 0.6) is 5.75 Å². The van der Waals surface area contributed by atoms with Crippen LogP contribution in [0, 0.1) is 11.8 Å². The standard InChI is InChI=1S/C13H14BrNO2/c1-17-10-2-3-11(12(14)5-10)13(16)15-6-8-4-9(8)7-15/h2-3,5,8-9H,4,6-7H2,1H3. The van der Waals surface area contributed by atoms with Gasteiger partial charge in [-0.05, 0) is 52.4 Å². The van der Waals surface area contributed by atoms with Gasteiger partial charge in [0, 0.05) is 17.6 Å². The number of ether oxygens (including phenoxy) is 1. The summed E-state index contributed by atoms with van der Waals surface area (Å²) >= 11 is 3.43. The summed E-state index contributed by atoms with van der Waals surface area (Å²) in [6.07, 6.45) is 1.31. The first-order valence-electron chi connectivity index (χ1n) is 5.82. The molecule has 2 fully saturated rings. The van der Waals surface area contributed by atoms with Crippen LogP contribution in [-0.2, 0) is 0 Å². The van der Waals surface area contributed by atoms with Gasteiger partial charge in [0.05, 0.1) is 12.7 Å². The molecule has 0 N–H and O–H groups in total. The minimum atomic E-state index is 0.131. The van der Waals surface area contributed by atoms with Crippen molar-refractivity contribution in [3.8, 4) is 5.75 Å². The molecule has 2 unspecified atom stereocenters. The number of likely N-dealkylation sites (tertiary alicyclic amines) is 1.